The molecule has 0 spiro atoms. The third-order valence-corrected chi connectivity index (χ3v) is 3.08. The van der Waals surface area contributed by atoms with Crippen molar-refractivity contribution in [2.45, 2.75) is 6.61 Å². The lowest BCUT2D eigenvalue weighted by Gasteiger charge is -2.09. The Morgan fingerprint density at radius 3 is 2.90 bits per heavy atom. The molecular weight excluding hydrogens is 298 g/mol. The highest BCUT2D eigenvalue weighted by Crippen LogP contribution is 2.32. The molecule has 0 atom stereocenters. The zero-order valence-corrected chi connectivity index (χ0v) is 11.5. The number of halogens is 1. The third kappa shape index (κ3) is 2.85. The van der Waals surface area contributed by atoms with Gasteiger partial charge in [-0.1, -0.05) is 17.7 Å². The number of aromatic nitrogens is 1. The van der Waals surface area contributed by atoms with Crippen molar-refractivity contribution in [2.24, 2.45) is 0 Å². The number of nitrogens with zero attached hydrogens (tertiary/aromatic N) is 1. The molecule has 6 nitrogen and oxygen atoms in total. The quantitative estimate of drug-likeness (QED) is 0.875. The first-order valence-corrected chi connectivity index (χ1v) is 6.42. The van der Waals surface area contributed by atoms with E-state index in [0.717, 1.165) is 5.56 Å². The molecule has 7 heteroatoms. The second-order valence-corrected chi connectivity index (χ2v) is 4.66. The molecule has 21 heavy (non-hydrogen) atoms. The molecule has 1 aromatic heterocycles. The molecule has 0 amide bonds. The first kappa shape index (κ1) is 13.5. The summed E-state index contributed by atoms with van der Waals surface area (Å²) in [5.41, 5.74) is 0.762. The van der Waals surface area contributed by atoms with Gasteiger partial charge in [-0.2, -0.15) is 0 Å². The molecule has 1 aromatic carbocycles. The summed E-state index contributed by atoms with van der Waals surface area (Å²) < 4.78 is 15.9. The summed E-state index contributed by atoms with van der Waals surface area (Å²) in [7, 11) is 0. The Kier molecular flexibility index (Phi) is 3.53. The lowest BCUT2D eigenvalue weighted by Crippen LogP contribution is -2.05. The van der Waals surface area contributed by atoms with Gasteiger partial charge in [0.1, 0.15) is 17.3 Å². The molecule has 0 aliphatic carbocycles. The van der Waals surface area contributed by atoms with Crippen molar-refractivity contribution in [3.05, 3.63) is 46.6 Å². The van der Waals surface area contributed by atoms with Gasteiger partial charge in [0.05, 0.1) is 0 Å². The molecule has 1 aliphatic heterocycles. The largest absolute Gasteiger partial charge is 0.477 e. The Labute approximate surface area is 124 Å². The van der Waals surface area contributed by atoms with Crippen LogP contribution < -0.4 is 14.2 Å². The van der Waals surface area contributed by atoms with Crippen LogP contribution in [0.2, 0.25) is 5.15 Å². The van der Waals surface area contributed by atoms with E-state index in [-0.39, 0.29) is 30.0 Å². The molecule has 0 fully saturated rings. The van der Waals surface area contributed by atoms with Gasteiger partial charge in [-0.25, -0.2) is 9.78 Å². The highest BCUT2D eigenvalue weighted by atomic mass is 35.5. The van der Waals surface area contributed by atoms with E-state index in [1.807, 2.05) is 0 Å². The second-order valence-electron chi connectivity index (χ2n) is 4.27. The summed E-state index contributed by atoms with van der Waals surface area (Å²) in [5, 5.41) is 9.25. The van der Waals surface area contributed by atoms with Crippen molar-refractivity contribution in [2.75, 3.05) is 6.79 Å². The SMILES string of the molecule is O=C(O)c1ccc(Cl)nc1OCc1ccc2c(c1)OCO2. The van der Waals surface area contributed by atoms with Crippen LogP contribution in [0.25, 0.3) is 0 Å². The average molecular weight is 308 g/mol. The lowest BCUT2D eigenvalue weighted by atomic mass is 10.2. The van der Waals surface area contributed by atoms with Gasteiger partial charge in [0, 0.05) is 0 Å². The maximum atomic E-state index is 11.1. The monoisotopic (exact) mass is 307 g/mol. The number of hydrogen-bond donors (Lipinski definition) is 1. The Morgan fingerprint density at radius 1 is 1.29 bits per heavy atom. The summed E-state index contributed by atoms with van der Waals surface area (Å²) in [6.45, 7) is 0.336. The van der Waals surface area contributed by atoms with Crippen LogP contribution in [0.3, 0.4) is 0 Å². The highest BCUT2D eigenvalue weighted by molar-refractivity contribution is 6.29. The molecule has 0 unspecified atom stereocenters. The minimum atomic E-state index is -1.13. The molecule has 0 saturated carbocycles. The Balaban J connectivity index is 1.78. The second kappa shape index (κ2) is 5.49. The normalized spacial score (nSPS) is 12.2. The Bertz CT molecular complexity index is 704. The van der Waals surface area contributed by atoms with Crippen molar-refractivity contribution in [1.82, 2.24) is 4.98 Å². The predicted octanol–water partition coefficient (Wildman–Crippen LogP) is 2.74. The number of aromatic carboxylic acids is 1. The minimum Gasteiger partial charge on any atom is -0.477 e. The molecule has 0 radical (unpaired) electrons. The van der Waals surface area contributed by atoms with Gasteiger partial charge in [0.2, 0.25) is 12.7 Å². The summed E-state index contributed by atoms with van der Waals surface area (Å²) >= 11 is 5.76. The highest BCUT2D eigenvalue weighted by Gasteiger charge is 2.16. The first-order chi connectivity index (χ1) is 10.1. The maximum absolute atomic E-state index is 11.1. The van der Waals surface area contributed by atoms with Gasteiger partial charge in [0.15, 0.2) is 11.5 Å². The van der Waals surface area contributed by atoms with Gasteiger partial charge in [-0.15, -0.1) is 0 Å². The topological polar surface area (TPSA) is 77.9 Å². The van der Waals surface area contributed by atoms with E-state index < -0.39 is 5.97 Å². The number of carboxylic acid groups (broad SMARTS) is 1. The number of hydrogen-bond acceptors (Lipinski definition) is 5. The molecule has 0 bridgehead atoms. The number of pyridine rings is 1. The van der Waals surface area contributed by atoms with Gasteiger partial charge in [-0.3, -0.25) is 0 Å². The number of benzene rings is 1. The summed E-state index contributed by atoms with van der Waals surface area (Å²) in [5.74, 6) is 0.159. The smallest absolute Gasteiger partial charge is 0.341 e. The van der Waals surface area contributed by atoms with E-state index >= 15 is 0 Å². The van der Waals surface area contributed by atoms with Crippen LogP contribution >= 0.6 is 11.6 Å². The van der Waals surface area contributed by atoms with E-state index in [9.17, 15) is 4.79 Å². The van der Waals surface area contributed by atoms with Crippen molar-refractivity contribution >= 4 is 17.6 Å². The molecule has 2 heterocycles. The number of fused-ring (bicyclic) bond motifs is 1. The number of ether oxygens (including phenoxy) is 3. The molecule has 3 rings (SSSR count). The fourth-order valence-electron chi connectivity index (χ4n) is 1.87. The van der Waals surface area contributed by atoms with Gasteiger partial charge < -0.3 is 19.3 Å². The van der Waals surface area contributed by atoms with Crippen molar-refractivity contribution in [3.63, 3.8) is 0 Å². The Hall–Kier alpha value is -2.47. The summed E-state index contributed by atoms with van der Waals surface area (Å²) in [6.07, 6.45) is 0. The van der Waals surface area contributed by atoms with Crippen LogP contribution in [0.4, 0.5) is 0 Å². The first-order valence-electron chi connectivity index (χ1n) is 6.04. The molecular formula is C14H10ClNO5. The van der Waals surface area contributed by atoms with E-state index in [2.05, 4.69) is 4.98 Å². The molecule has 1 aliphatic rings. The summed E-state index contributed by atoms with van der Waals surface area (Å²) in [4.78, 5) is 15.0. The van der Waals surface area contributed by atoms with Crippen molar-refractivity contribution < 1.29 is 24.1 Å². The van der Waals surface area contributed by atoms with Crippen LogP contribution in [-0.4, -0.2) is 22.9 Å². The summed E-state index contributed by atoms with van der Waals surface area (Å²) in [6, 6.07) is 8.10. The predicted molar refractivity (Wildman–Crippen MR) is 73.1 cm³/mol. The zero-order valence-electron chi connectivity index (χ0n) is 10.7. The van der Waals surface area contributed by atoms with Gasteiger partial charge in [-0.05, 0) is 29.8 Å². The van der Waals surface area contributed by atoms with E-state index in [0.29, 0.717) is 11.5 Å². The van der Waals surface area contributed by atoms with Crippen LogP contribution in [-0.2, 0) is 6.61 Å². The van der Waals surface area contributed by atoms with Crippen LogP contribution in [0.15, 0.2) is 30.3 Å². The Morgan fingerprint density at radius 2 is 2.10 bits per heavy atom. The van der Waals surface area contributed by atoms with Gasteiger partial charge >= 0.3 is 5.97 Å². The number of carboxylic acids is 1. The van der Waals surface area contributed by atoms with Crippen LogP contribution in [0.5, 0.6) is 17.4 Å². The number of carbonyl (C=O) groups is 1. The molecule has 2 aromatic rings. The minimum absolute atomic E-state index is 0.0207. The molecule has 108 valence electrons. The van der Waals surface area contributed by atoms with Crippen molar-refractivity contribution in [3.8, 4) is 17.4 Å². The van der Waals surface area contributed by atoms with E-state index in [1.54, 1.807) is 18.2 Å². The van der Waals surface area contributed by atoms with Gasteiger partial charge in [0.25, 0.3) is 0 Å². The van der Waals surface area contributed by atoms with Crippen LogP contribution in [0, 0.1) is 0 Å². The lowest BCUT2D eigenvalue weighted by molar-refractivity contribution is 0.0690. The van der Waals surface area contributed by atoms with Crippen LogP contribution in [0.1, 0.15) is 15.9 Å². The number of rotatable bonds is 4. The van der Waals surface area contributed by atoms with Crippen molar-refractivity contribution in [1.29, 1.82) is 0 Å². The fourth-order valence-corrected chi connectivity index (χ4v) is 2.01. The standard InChI is InChI=1S/C14H10ClNO5/c15-12-4-2-9(14(17)18)13(16-12)19-6-8-1-3-10-11(5-8)21-7-20-10/h1-5H,6-7H2,(H,17,18). The third-order valence-electron chi connectivity index (χ3n) is 2.87. The zero-order chi connectivity index (χ0) is 14.8. The van der Waals surface area contributed by atoms with E-state index in [1.165, 1.54) is 12.1 Å². The maximum Gasteiger partial charge on any atom is 0.341 e. The fraction of sp³-hybridized carbons (Fsp3) is 0.143. The van der Waals surface area contributed by atoms with E-state index in [4.69, 9.17) is 30.9 Å². The average Bonchev–Trinajstić information content (AvgIpc) is 2.92. The molecule has 1 N–H and O–H groups in total. The molecule has 0 saturated heterocycles.